The lowest BCUT2D eigenvalue weighted by molar-refractivity contribution is -0.153. The summed E-state index contributed by atoms with van der Waals surface area (Å²) in [6.45, 7) is 0.156. The molecule has 1 N–H and O–H groups in total. The number of carboxylic acid groups (broad SMARTS) is 1. The van der Waals surface area contributed by atoms with Gasteiger partial charge in [0.15, 0.2) is 18.1 Å². The number of alkyl halides is 3. The van der Waals surface area contributed by atoms with Crippen LogP contribution in [-0.4, -0.2) is 72.5 Å². The summed E-state index contributed by atoms with van der Waals surface area (Å²) in [5.41, 5.74) is 1.68. The number of nitrogens with zero attached hydrogens (tertiary/aromatic N) is 5. The Hall–Kier alpha value is -4.17. The summed E-state index contributed by atoms with van der Waals surface area (Å²) in [6.07, 6.45) is -1.69. The van der Waals surface area contributed by atoms with E-state index in [0.29, 0.717) is 16.6 Å². The van der Waals surface area contributed by atoms with E-state index in [1.54, 1.807) is 36.4 Å². The molecule has 4 aromatic rings. The van der Waals surface area contributed by atoms with Crippen LogP contribution in [0.15, 0.2) is 60.0 Å². The smallest absolute Gasteiger partial charge is 0.422 e. The van der Waals surface area contributed by atoms with Crippen molar-refractivity contribution in [3.8, 4) is 5.75 Å². The number of amides is 1. The molecule has 0 aliphatic heterocycles. The molecule has 10 nitrogen and oxygen atoms in total. The molecule has 1 aromatic carbocycles. The van der Waals surface area contributed by atoms with Gasteiger partial charge in [-0.15, -0.1) is 0 Å². The van der Waals surface area contributed by atoms with Crippen LogP contribution in [0.2, 0.25) is 0 Å². The number of hydrogen-bond donors (Lipinski definition) is 1. The van der Waals surface area contributed by atoms with Gasteiger partial charge < -0.3 is 19.3 Å². The predicted molar refractivity (Wildman–Crippen MR) is 139 cm³/mol. The number of aromatic nitrogens is 4. The van der Waals surface area contributed by atoms with E-state index in [0.717, 1.165) is 0 Å². The van der Waals surface area contributed by atoms with Gasteiger partial charge in [-0.3, -0.25) is 4.98 Å². The van der Waals surface area contributed by atoms with Gasteiger partial charge in [-0.25, -0.2) is 19.1 Å². The SMILES string of the molecule is Cc1c(OCC(F)(F)F)ccnc1C[S+]([O-])c1nc2ccccc2n1C(=O)N(C)CCc1cccnc1C(=O)O. The van der Waals surface area contributed by atoms with Crippen LogP contribution in [0.4, 0.5) is 18.0 Å². The third-order valence-corrected chi connectivity index (χ3v) is 7.20. The van der Waals surface area contributed by atoms with Crippen molar-refractivity contribution in [1.82, 2.24) is 24.4 Å². The first-order chi connectivity index (χ1) is 19.0. The Morgan fingerprint density at radius 3 is 2.60 bits per heavy atom. The van der Waals surface area contributed by atoms with Crippen LogP contribution in [0.25, 0.3) is 11.0 Å². The maximum Gasteiger partial charge on any atom is 0.422 e. The summed E-state index contributed by atoms with van der Waals surface area (Å²) < 4.78 is 57.5. The molecule has 14 heteroatoms. The first-order valence-corrected chi connectivity index (χ1v) is 13.2. The molecule has 1 unspecified atom stereocenters. The van der Waals surface area contributed by atoms with Crippen molar-refractivity contribution in [2.24, 2.45) is 0 Å². The largest absolute Gasteiger partial charge is 0.609 e. The zero-order valence-corrected chi connectivity index (χ0v) is 22.2. The molecule has 4 rings (SSSR count). The lowest BCUT2D eigenvalue weighted by Gasteiger charge is -2.20. The normalized spacial score (nSPS) is 12.3. The second-order valence-corrected chi connectivity index (χ2v) is 10.1. The Morgan fingerprint density at radius 1 is 1.12 bits per heavy atom. The number of halogens is 3. The highest BCUT2D eigenvalue weighted by Gasteiger charge is 2.31. The summed E-state index contributed by atoms with van der Waals surface area (Å²) in [5.74, 6) is -1.45. The van der Waals surface area contributed by atoms with Crippen molar-refractivity contribution in [2.75, 3.05) is 20.2 Å². The Bertz CT molecular complexity index is 1540. The van der Waals surface area contributed by atoms with Gasteiger partial charge >= 0.3 is 23.3 Å². The average molecular weight is 576 g/mol. The van der Waals surface area contributed by atoms with E-state index in [1.807, 2.05) is 0 Å². The predicted octanol–water partition coefficient (Wildman–Crippen LogP) is 4.22. The summed E-state index contributed by atoms with van der Waals surface area (Å²) in [5, 5.41) is 9.32. The average Bonchev–Trinajstić information content (AvgIpc) is 3.31. The fourth-order valence-corrected chi connectivity index (χ4v) is 5.19. The number of hydrogen-bond acceptors (Lipinski definition) is 7. The first kappa shape index (κ1) is 28.8. The Labute approximate surface area is 229 Å². The van der Waals surface area contributed by atoms with E-state index in [4.69, 9.17) is 4.74 Å². The number of carboxylic acids is 1. The minimum Gasteiger partial charge on any atom is -0.609 e. The van der Waals surface area contributed by atoms with E-state index in [-0.39, 0.29) is 46.6 Å². The van der Waals surface area contributed by atoms with Gasteiger partial charge in [0.1, 0.15) is 5.75 Å². The maximum atomic E-state index is 13.6. The van der Waals surface area contributed by atoms with Gasteiger partial charge in [0.05, 0.1) is 16.7 Å². The number of pyridine rings is 2. The minimum atomic E-state index is -4.53. The molecule has 0 radical (unpaired) electrons. The standard InChI is InChI=1S/C26H24F3N5O5S/c1-16-19(30-12-9-21(16)39-15-26(27,28)29)14-40(38)24-32-18-7-3-4-8-20(18)34(24)25(37)33(2)13-10-17-6-5-11-31-22(17)23(35)36/h3-9,11-12H,10,13-15H2,1-2H3,(H,35,36). The number of carbonyl (C=O) groups is 2. The van der Waals surface area contributed by atoms with Crippen LogP contribution in [-0.2, 0) is 23.3 Å². The van der Waals surface area contributed by atoms with E-state index < -0.39 is 36.0 Å². The van der Waals surface area contributed by atoms with E-state index in [2.05, 4.69) is 15.0 Å². The zero-order chi connectivity index (χ0) is 29.0. The molecule has 0 saturated heterocycles. The van der Waals surface area contributed by atoms with Gasteiger partial charge in [-0.2, -0.15) is 18.2 Å². The maximum absolute atomic E-state index is 13.6. The number of benzene rings is 1. The lowest BCUT2D eigenvalue weighted by atomic mass is 10.1. The molecule has 3 heterocycles. The number of rotatable bonds is 9. The molecule has 40 heavy (non-hydrogen) atoms. The van der Waals surface area contributed by atoms with Crippen LogP contribution in [0.3, 0.4) is 0 Å². The number of carbonyl (C=O) groups excluding carboxylic acids is 1. The molecule has 210 valence electrons. The Morgan fingerprint density at radius 2 is 1.88 bits per heavy atom. The quantitative estimate of drug-likeness (QED) is 0.293. The first-order valence-electron chi connectivity index (χ1n) is 11.9. The van der Waals surface area contributed by atoms with Gasteiger partial charge in [0.2, 0.25) is 0 Å². The fourth-order valence-electron chi connectivity index (χ4n) is 3.94. The van der Waals surface area contributed by atoms with Crippen LogP contribution < -0.4 is 4.74 Å². The van der Waals surface area contributed by atoms with Gasteiger partial charge in [-0.05, 0) is 43.2 Å². The van der Waals surface area contributed by atoms with Crippen molar-refractivity contribution in [1.29, 1.82) is 0 Å². The third kappa shape index (κ3) is 6.51. The topological polar surface area (TPSA) is 133 Å². The highest BCUT2D eigenvalue weighted by atomic mass is 32.2. The van der Waals surface area contributed by atoms with Crippen LogP contribution >= 0.6 is 0 Å². The Balaban J connectivity index is 1.59. The van der Waals surface area contributed by atoms with E-state index >= 15 is 0 Å². The molecule has 0 fully saturated rings. The van der Waals surface area contributed by atoms with Gasteiger partial charge in [0.25, 0.3) is 0 Å². The minimum absolute atomic E-state index is 0.0419. The third-order valence-electron chi connectivity index (χ3n) is 5.98. The van der Waals surface area contributed by atoms with Gasteiger partial charge in [0, 0.05) is 42.7 Å². The summed E-state index contributed by atoms with van der Waals surface area (Å²) in [6, 6.07) is 10.7. The number of imidazole rings is 1. The van der Waals surface area contributed by atoms with Crippen LogP contribution in [0.5, 0.6) is 5.75 Å². The number of likely N-dealkylation sites (N-methyl/N-ethyl adjacent to an activating group) is 1. The molecule has 0 bridgehead atoms. The number of para-hydroxylation sites is 2. The zero-order valence-electron chi connectivity index (χ0n) is 21.4. The summed E-state index contributed by atoms with van der Waals surface area (Å²) in [7, 11) is 1.52. The number of aromatic carboxylic acids is 1. The van der Waals surface area contributed by atoms with Crippen molar-refractivity contribution >= 4 is 34.2 Å². The number of ether oxygens (including phenoxy) is 1. The second-order valence-electron chi connectivity index (χ2n) is 8.76. The van der Waals surface area contributed by atoms with Crippen molar-refractivity contribution < 1.29 is 37.2 Å². The highest BCUT2D eigenvalue weighted by molar-refractivity contribution is 7.90. The number of fused-ring (bicyclic) bond motifs is 1. The molecular formula is C26H24F3N5O5S. The van der Waals surface area contributed by atoms with Gasteiger partial charge in [-0.1, -0.05) is 18.2 Å². The van der Waals surface area contributed by atoms with Crippen molar-refractivity contribution in [2.45, 2.75) is 30.4 Å². The molecular weight excluding hydrogens is 551 g/mol. The van der Waals surface area contributed by atoms with Crippen molar-refractivity contribution in [3.05, 3.63) is 77.4 Å². The lowest BCUT2D eigenvalue weighted by Crippen LogP contribution is -2.34. The van der Waals surface area contributed by atoms with E-state index in [1.165, 1.54) is 41.9 Å². The van der Waals surface area contributed by atoms with Crippen LogP contribution in [0.1, 0.15) is 27.3 Å². The fraction of sp³-hybridized carbons (Fsp3) is 0.269. The summed E-state index contributed by atoms with van der Waals surface area (Å²) in [4.78, 5) is 38.8. The monoisotopic (exact) mass is 575 g/mol. The highest BCUT2D eigenvalue weighted by Crippen LogP contribution is 2.27. The molecule has 0 aliphatic rings. The molecule has 3 aromatic heterocycles. The van der Waals surface area contributed by atoms with Crippen LogP contribution in [0, 0.1) is 6.92 Å². The second kappa shape index (κ2) is 11.9. The van der Waals surface area contributed by atoms with Crippen molar-refractivity contribution in [3.63, 3.8) is 0 Å². The molecule has 1 amide bonds. The summed E-state index contributed by atoms with van der Waals surface area (Å²) >= 11 is -1.93. The Kier molecular flexibility index (Phi) is 8.59. The van der Waals surface area contributed by atoms with E-state index in [9.17, 15) is 32.4 Å². The molecule has 0 spiro atoms. The molecule has 0 aliphatic carbocycles. The molecule has 0 saturated carbocycles. The molecule has 1 atom stereocenters.